The van der Waals surface area contributed by atoms with E-state index in [0.29, 0.717) is 5.92 Å². The van der Waals surface area contributed by atoms with Crippen molar-refractivity contribution in [2.45, 2.75) is 26.8 Å². The van der Waals surface area contributed by atoms with Gasteiger partial charge in [0.05, 0.1) is 18.4 Å². The monoisotopic (exact) mass is 213 g/mol. The second-order valence-electron chi connectivity index (χ2n) is 4.51. The average Bonchev–Trinajstić information content (AvgIpc) is 2.66. The molecule has 1 radical (unpaired) electrons. The summed E-state index contributed by atoms with van der Waals surface area (Å²) in [5.41, 5.74) is 2.39. The van der Waals surface area contributed by atoms with Gasteiger partial charge in [-0.2, -0.15) is 5.10 Å². The Balaban J connectivity index is 2.03. The Hall–Kier alpha value is -1.57. The van der Waals surface area contributed by atoms with Gasteiger partial charge in [0, 0.05) is 0 Å². The van der Waals surface area contributed by atoms with Crippen molar-refractivity contribution in [2.24, 2.45) is 5.92 Å². The van der Waals surface area contributed by atoms with Crippen molar-refractivity contribution >= 4 is 0 Å². The topological polar surface area (TPSA) is 17.8 Å². The zero-order valence-corrected chi connectivity index (χ0v) is 9.85. The number of rotatable bonds is 4. The molecule has 0 spiro atoms. The lowest BCUT2D eigenvalue weighted by molar-refractivity contribution is 0.607. The molecule has 0 aliphatic carbocycles. The van der Waals surface area contributed by atoms with Gasteiger partial charge in [-0.3, -0.25) is 4.68 Å². The van der Waals surface area contributed by atoms with E-state index in [1.54, 1.807) is 0 Å². The summed E-state index contributed by atoms with van der Waals surface area (Å²) in [6.07, 6.45) is 4.19. The molecule has 0 bridgehead atoms. The highest BCUT2D eigenvalue weighted by Crippen LogP contribution is 2.06. The van der Waals surface area contributed by atoms with E-state index in [4.69, 9.17) is 0 Å². The second kappa shape index (κ2) is 4.97. The van der Waals surface area contributed by atoms with E-state index in [2.05, 4.69) is 37.3 Å². The smallest absolute Gasteiger partial charge is 0.0870 e. The molecule has 0 N–H and O–H groups in total. The van der Waals surface area contributed by atoms with Gasteiger partial charge < -0.3 is 0 Å². The van der Waals surface area contributed by atoms with Crippen LogP contribution in [0.5, 0.6) is 0 Å². The summed E-state index contributed by atoms with van der Waals surface area (Å²) in [7, 11) is 0. The Morgan fingerprint density at radius 2 is 2.00 bits per heavy atom. The molecule has 1 heterocycles. The Morgan fingerprint density at radius 3 is 2.69 bits per heavy atom. The minimum atomic E-state index is 0.647. The first kappa shape index (κ1) is 10.9. The molecule has 16 heavy (non-hydrogen) atoms. The summed E-state index contributed by atoms with van der Waals surface area (Å²) in [4.78, 5) is 0. The molecule has 0 amide bonds. The molecule has 2 rings (SSSR count). The molecule has 1 aromatic carbocycles. The van der Waals surface area contributed by atoms with Crippen molar-refractivity contribution in [3.05, 3.63) is 53.9 Å². The van der Waals surface area contributed by atoms with Crippen LogP contribution in [0.15, 0.2) is 36.4 Å². The first-order valence-electron chi connectivity index (χ1n) is 5.72. The lowest BCUT2D eigenvalue weighted by Gasteiger charge is -2.02. The van der Waals surface area contributed by atoms with Gasteiger partial charge in [-0.05, 0) is 24.0 Å². The number of nitrogens with zero attached hydrogens (tertiary/aromatic N) is 2. The van der Waals surface area contributed by atoms with Gasteiger partial charge in [0.2, 0.25) is 0 Å². The highest BCUT2D eigenvalue weighted by molar-refractivity contribution is 5.15. The van der Waals surface area contributed by atoms with Crippen molar-refractivity contribution < 1.29 is 0 Å². The number of aromatic nitrogens is 2. The van der Waals surface area contributed by atoms with E-state index in [9.17, 15) is 0 Å². The van der Waals surface area contributed by atoms with Crippen molar-refractivity contribution in [1.29, 1.82) is 0 Å². The molecule has 2 heteroatoms. The van der Waals surface area contributed by atoms with E-state index in [0.717, 1.165) is 18.7 Å². The van der Waals surface area contributed by atoms with Gasteiger partial charge in [0.1, 0.15) is 0 Å². The van der Waals surface area contributed by atoms with Crippen molar-refractivity contribution in [3.8, 4) is 0 Å². The standard InChI is InChI=1S/C14H17N2/c1-12(2)10-14-8-9-16(15-14)11-13-6-4-3-5-7-13/h3-8,12H,10-11H2,1-2H3. The first-order chi connectivity index (χ1) is 7.74. The van der Waals surface area contributed by atoms with Crippen LogP contribution < -0.4 is 0 Å². The third kappa shape index (κ3) is 2.96. The Bertz CT molecular complexity index is 429. The number of benzene rings is 1. The molecule has 0 fully saturated rings. The quantitative estimate of drug-likeness (QED) is 0.763. The molecule has 0 aliphatic heterocycles. The SMILES string of the molecule is CC(C)Cc1c[c]n(Cc2ccccc2)n1. The van der Waals surface area contributed by atoms with Crippen molar-refractivity contribution in [2.75, 3.05) is 0 Å². The first-order valence-corrected chi connectivity index (χ1v) is 5.72. The Morgan fingerprint density at radius 1 is 1.25 bits per heavy atom. The summed E-state index contributed by atoms with van der Waals surface area (Å²) in [6, 6.07) is 12.3. The summed E-state index contributed by atoms with van der Waals surface area (Å²) < 4.78 is 1.88. The maximum absolute atomic E-state index is 4.51. The van der Waals surface area contributed by atoms with E-state index >= 15 is 0 Å². The van der Waals surface area contributed by atoms with Crippen molar-refractivity contribution in [3.63, 3.8) is 0 Å². The maximum Gasteiger partial charge on any atom is 0.0870 e. The van der Waals surface area contributed by atoms with Crippen LogP contribution in [-0.2, 0) is 13.0 Å². The summed E-state index contributed by atoms with van der Waals surface area (Å²) in [6.45, 7) is 5.21. The minimum absolute atomic E-state index is 0.647. The van der Waals surface area contributed by atoms with Gasteiger partial charge in [0.15, 0.2) is 0 Å². The van der Waals surface area contributed by atoms with Crippen LogP contribution in [-0.4, -0.2) is 9.78 Å². The van der Waals surface area contributed by atoms with Crippen LogP contribution in [0.1, 0.15) is 25.1 Å². The van der Waals surface area contributed by atoms with Crippen LogP contribution >= 0.6 is 0 Å². The van der Waals surface area contributed by atoms with Gasteiger partial charge in [-0.25, -0.2) is 0 Å². The molecule has 0 unspecified atom stereocenters. The fraction of sp³-hybridized carbons (Fsp3) is 0.357. The third-order valence-electron chi connectivity index (χ3n) is 2.42. The molecule has 2 nitrogen and oxygen atoms in total. The van der Waals surface area contributed by atoms with Crippen LogP contribution in [0.3, 0.4) is 0 Å². The molecular weight excluding hydrogens is 196 g/mol. The van der Waals surface area contributed by atoms with E-state index in [1.165, 1.54) is 5.56 Å². The normalized spacial score (nSPS) is 10.9. The minimum Gasteiger partial charge on any atom is -0.259 e. The number of hydrogen-bond donors (Lipinski definition) is 0. The molecule has 83 valence electrons. The van der Waals surface area contributed by atoms with Gasteiger partial charge in [-0.15, -0.1) is 0 Å². The molecular formula is C14H17N2. The van der Waals surface area contributed by atoms with Crippen LogP contribution in [0, 0.1) is 12.1 Å². The maximum atomic E-state index is 4.51. The van der Waals surface area contributed by atoms with Gasteiger partial charge in [0.25, 0.3) is 0 Å². The predicted molar refractivity (Wildman–Crippen MR) is 65.1 cm³/mol. The largest absolute Gasteiger partial charge is 0.259 e. The van der Waals surface area contributed by atoms with E-state index in [1.807, 2.05) is 28.9 Å². The average molecular weight is 213 g/mol. The Labute approximate surface area is 96.9 Å². The van der Waals surface area contributed by atoms with Crippen LogP contribution in [0.4, 0.5) is 0 Å². The molecule has 1 aromatic heterocycles. The summed E-state index contributed by atoms with van der Waals surface area (Å²) in [5.74, 6) is 0.647. The summed E-state index contributed by atoms with van der Waals surface area (Å²) in [5, 5.41) is 4.51. The van der Waals surface area contributed by atoms with E-state index in [-0.39, 0.29) is 0 Å². The van der Waals surface area contributed by atoms with Crippen LogP contribution in [0.25, 0.3) is 0 Å². The number of hydrogen-bond acceptors (Lipinski definition) is 1. The fourth-order valence-corrected chi connectivity index (χ4v) is 1.72. The Kier molecular flexibility index (Phi) is 3.40. The fourth-order valence-electron chi connectivity index (χ4n) is 1.72. The molecule has 0 aliphatic rings. The summed E-state index contributed by atoms with van der Waals surface area (Å²) >= 11 is 0. The van der Waals surface area contributed by atoms with Gasteiger partial charge in [-0.1, -0.05) is 44.2 Å². The lowest BCUT2D eigenvalue weighted by Crippen LogP contribution is -2.02. The third-order valence-corrected chi connectivity index (χ3v) is 2.42. The predicted octanol–water partition coefficient (Wildman–Crippen LogP) is 2.93. The zero-order chi connectivity index (χ0) is 11.4. The highest BCUT2D eigenvalue weighted by Gasteiger charge is 2.02. The van der Waals surface area contributed by atoms with Crippen LogP contribution in [0.2, 0.25) is 0 Å². The van der Waals surface area contributed by atoms with E-state index < -0.39 is 0 Å². The highest BCUT2D eigenvalue weighted by atomic mass is 15.3. The zero-order valence-electron chi connectivity index (χ0n) is 9.85. The second-order valence-corrected chi connectivity index (χ2v) is 4.51. The molecule has 0 saturated carbocycles. The molecule has 2 aromatic rings. The molecule has 0 atom stereocenters. The molecule has 0 saturated heterocycles. The van der Waals surface area contributed by atoms with Crippen molar-refractivity contribution in [1.82, 2.24) is 9.78 Å². The van der Waals surface area contributed by atoms with Gasteiger partial charge >= 0.3 is 0 Å². The lowest BCUT2D eigenvalue weighted by atomic mass is 10.1.